The highest BCUT2D eigenvalue weighted by Crippen LogP contribution is 2.45. The summed E-state index contributed by atoms with van der Waals surface area (Å²) >= 11 is 6.02. The van der Waals surface area contributed by atoms with Gasteiger partial charge in [-0.25, -0.2) is 4.98 Å². The molecule has 2 aromatic rings. The molecule has 6 heteroatoms. The maximum absolute atomic E-state index is 12.9. The zero-order chi connectivity index (χ0) is 16.9. The number of amides is 1. The summed E-state index contributed by atoms with van der Waals surface area (Å²) in [6.07, 6.45) is 6.45. The molecule has 1 aromatic heterocycles. The van der Waals surface area contributed by atoms with Crippen molar-refractivity contribution in [1.82, 2.24) is 14.5 Å². The molecule has 2 aliphatic rings. The standard InChI is InChI=1S/C18H20ClN3O2/c1-21-8-7-20-17(21)18(24)10-14-5-6-15(11-18)22(14)16(23)12-3-2-4-13(19)9-12/h2-4,7-9,14-15,24H,5-6,10-11H2,1H3/t14-,15+,18?. The molecule has 126 valence electrons. The lowest BCUT2D eigenvalue weighted by atomic mass is 9.85. The van der Waals surface area contributed by atoms with Gasteiger partial charge in [0.05, 0.1) is 0 Å². The van der Waals surface area contributed by atoms with E-state index in [1.165, 1.54) is 0 Å². The summed E-state index contributed by atoms with van der Waals surface area (Å²) in [4.78, 5) is 19.2. The van der Waals surface area contributed by atoms with Gasteiger partial charge >= 0.3 is 0 Å². The second-order valence-corrected chi connectivity index (χ2v) is 7.35. The number of rotatable bonds is 2. The highest BCUT2D eigenvalue weighted by atomic mass is 35.5. The number of aryl methyl sites for hydroxylation is 1. The largest absolute Gasteiger partial charge is 0.382 e. The molecule has 4 rings (SSSR count). The Morgan fingerprint density at radius 1 is 1.33 bits per heavy atom. The monoisotopic (exact) mass is 345 g/mol. The van der Waals surface area contributed by atoms with Gasteiger partial charge in [0.15, 0.2) is 0 Å². The number of aromatic nitrogens is 2. The number of carbonyl (C=O) groups excluding carboxylic acids is 1. The van der Waals surface area contributed by atoms with E-state index in [-0.39, 0.29) is 18.0 Å². The van der Waals surface area contributed by atoms with Crippen LogP contribution in [0.25, 0.3) is 0 Å². The number of fused-ring (bicyclic) bond motifs is 2. The Morgan fingerprint density at radius 2 is 2.04 bits per heavy atom. The summed E-state index contributed by atoms with van der Waals surface area (Å²) in [6.45, 7) is 0. The number of hydrogen-bond acceptors (Lipinski definition) is 3. The molecule has 2 aliphatic heterocycles. The fourth-order valence-corrected chi connectivity index (χ4v) is 4.51. The van der Waals surface area contributed by atoms with E-state index in [0.717, 1.165) is 12.8 Å². The molecular weight excluding hydrogens is 326 g/mol. The fourth-order valence-electron chi connectivity index (χ4n) is 4.32. The Bertz CT molecular complexity index is 774. The first-order valence-corrected chi connectivity index (χ1v) is 8.64. The van der Waals surface area contributed by atoms with E-state index in [1.807, 2.05) is 22.7 Å². The van der Waals surface area contributed by atoms with Crippen molar-refractivity contribution in [3.8, 4) is 0 Å². The van der Waals surface area contributed by atoms with Gasteiger partial charge in [-0.2, -0.15) is 0 Å². The zero-order valence-corrected chi connectivity index (χ0v) is 14.3. The molecular formula is C18H20ClN3O2. The lowest BCUT2D eigenvalue weighted by Gasteiger charge is -2.43. The SMILES string of the molecule is Cn1ccnc1C1(O)C[C@H]2CC[C@@H](C1)N2C(=O)c1cccc(Cl)c1. The van der Waals surface area contributed by atoms with Crippen molar-refractivity contribution in [2.24, 2.45) is 7.05 Å². The molecule has 24 heavy (non-hydrogen) atoms. The molecule has 0 saturated carbocycles. The number of nitrogens with zero attached hydrogens (tertiary/aromatic N) is 3. The first-order chi connectivity index (χ1) is 11.5. The summed E-state index contributed by atoms with van der Waals surface area (Å²) in [7, 11) is 1.89. The third kappa shape index (κ3) is 2.43. The molecule has 3 atom stereocenters. The second-order valence-electron chi connectivity index (χ2n) is 6.91. The lowest BCUT2D eigenvalue weighted by molar-refractivity contribution is -0.0555. The van der Waals surface area contributed by atoms with Gasteiger partial charge in [-0.3, -0.25) is 4.79 Å². The van der Waals surface area contributed by atoms with Crippen LogP contribution in [0.1, 0.15) is 41.9 Å². The average molecular weight is 346 g/mol. The number of imidazole rings is 1. The van der Waals surface area contributed by atoms with Gasteiger partial charge in [0.25, 0.3) is 5.91 Å². The summed E-state index contributed by atoms with van der Waals surface area (Å²) in [5, 5.41) is 11.7. The molecule has 1 aromatic carbocycles. The number of benzene rings is 1. The third-order valence-electron chi connectivity index (χ3n) is 5.31. The zero-order valence-electron chi connectivity index (χ0n) is 13.5. The van der Waals surface area contributed by atoms with Crippen molar-refractivity contribution in [2.75, 3.05) is 0 Å². The number of carbonyl (C=O) groups is 1. The molecule has 1 unspecified atom stereocenters. The first-order valence-electron chi connectivity index (χ1n) is 8.26. The van der Waals surface area contributed by atoms with E-state index in [4.69, 9.17) is 11.6 Å². The third-order valence-corrected chi connectivity index (χ3v) is 5.55. The van der Waals surface area contributed by atoms with Gasteiger partial charge in [0.2, 0.25) is 0 Å². The lowest BCUT2D eigenvalue weighted by Crippen LogP contribution is -2.52. The summed E-state index contributed by atoms with van der Waals surface area (Å²) in [5.41, 5.74) is -0.350. The first kappa shape index (κ1) is 15.7. The highest BCUT2D eigenvalue weighted by Gasteiger charge is 2.51. The molecule has 2 fully saturated rings. The van der Waals surface area contributed by atoms with Crippen molar-refractivity contribution in [3.63, 3.8) is 0 Å². The summed E-state index contributed by atoms with van der Waals surface area (Å²) < 4.78 is 1.87. The van der Waals surface area contributed by atoms with Crippen LogP contribution in [0, 0.1) is 0 Å². The van der Waals surface area contributed by atoms with E-state index < -0.39 is 5.60 Å². The predicted octanol–water partition coefficient (Wildman–Crippen LogP) is 2.73. The van der Waals surface area contributed by atoms with Gasteiger partial charge in [-0.05, 0) is 31.0 Å². The van der Waals surface area contributed by atoms with Crippen LogP contribution in [0.2, 0.25) is 5.02 Å². The van der Waals surface area contributed by atoms with Crippen LogP contribution in [0.3, 0.4) is 0 Å². The van der Waals surface area contributed by atoms with Crippen molar-refractivity contribution in [3.05, 3.63) is 53.1 Å². The van der Waals surface area contributed by atoms with E-state index in [1.54, 1.807) is 30.5 Å². The van der Waals surface area contributed by atoms with Gasteiger partial charge in [0, 0.05) is 55.0 Å². The van der Waals surface area contributed by atoms with Gasteiger partial charge in [-0.1, -0.05) is 17.7 Å². The molecule has 1 N–H and O–H groups in total. The second kappa shape index (κ2) is 5.60. The average Bonchev–Trinajstić information content (AvgIpc) is 3.09. The van der Waals surface area contributed by atoms with Gasteiger partial charge < -0.3 is 14.6 Å². The molecule has 5 nitrogen and oxygen atoms in total. The van der Waals surface area contributed by atoms with Crippen LogP contribution < -0.4 is 0 Å². The maximum Gasteiger partial charge on any atom is 0.254 e. The van der Waals surface area contributed by atoms with Crippen LogP contribution >= 0.6 is 11.6 Å². The van der Waals surface area contributed by atoms with Crippen molar-refractivity contribution in [1.29, 1.82) is 0 Å². The molecule has 1 amide bonds. The summed E-state index contributed by atoms with van der Waals surface area (Å²) in [6, 6.07) is 7.15. The Hall–Kier alpha value is -1.85. The molecule has 0 spiro atoms. The quantitative estimate of drug-likeness (QED) is 0.910. The Kier molecular flexibility index (Phi) is 3.66. The molecule has 3 heterocycles. The fraction of sp³-hybridized carbons (Fsp3) is 0.444. The van der Waals surface area contributed by atoms with Crippen LogP contribution in [0.5, 0.6) is 0 Å². The number of piperidine rings is 1. The topological polar surface area (TPSA) is 58.4 Å². The van der Waals surface area contributed by atoms with E-state index in [2.05, 4.69) is 4.98 Å². The normalized spacial score (nSPS) is 29.0. The van der Waals surface area contributed by atoms with E-state index in [0.29, 0.717) is 29.3 Å². The minimum absolute atomic E-state index is 0.00638. The van der Waals surface area contributed by atoms with Crippen molar-refractivity contribution >= 4 is 17.5 Å². The van der Waals surface area contributed by atoms with Crippen LogP contribution in [-0.4, -0.2) is 37.5 Å². The minimum atomic E-state index is -0.963. The molecule has 2 saturated heterocycles. The highest BCUT2D eigenvalue weighted by molar-refractivity contribution is 6.30. The minimum Gasteiger partial charge on any atom is -0.382 e. The maximum atomic E-state index is 12.9. The molecule has 0 aliphatic carbocycles. The number of halogens is 1. The van der Waals surface area contributed by atoms with Crippen molar-refractivity contribution in [2.45, 2.75) is 43.4 Å². The number of aliphatic hydroxyl groups is 1. The smallest absolute Gasteiger partial charge is 0.254 e. The Labute approximate surface area is 145 Å². The summed E-state index contributed by atoms with van der Waals surface area (Å²) in [5.74, 6) is 0.696. The van der Waals surface area contributed by atoms with E-state index in [9.17, 15) is 9.90 Å². The molecule has 0 radical (unpaired) electrons. The number of hydrogen-bond donors (Lipinski definition) is 1. The molecule has 2 bridgehead atoms. The van der Waals surface area contributed by atoms with Gasteiger partial charge in [0.1, 0.15) is 11.4 Å². The Balaban J connectivity index is 1.62. The van der Waals surface area contributed by atoms with Crippen LogP contribution in [0.4, 0.5) is 0 Å². The predicted molar refractivity (Wildman–Crippen MR) is 90.8 cm³/mol. The van der Waals surface area contributed by atoms with Crippen LogP contribution in [-0.2, 0) is 12.6 Å². The van der Waals surface area contributed by atoms with Gasteiger partial charge in [-0.15, -0.1) is 0 Å². The van der Waals surface area contributed by atoms with E-state index >= 15 is 0 Å². The van der Waals surface area contributed by atoms with Crippen molar-refractivity contribution < 1.29 is 9.90 Å². The van der Waals surface area contributed by atoms with Crippen LogP contribution in [0.15, 0.2) is 36.7 Å². The Morgan fingerprint density at radius 3 is 2.62 bits per heavy atom.